The second kappa shape index (κ2) is 60.7. The topological polar surface area (TPSA) is 441 Å². The maximum Gasteiger partial charge on any atom is 0.340 e. The van der Waals surface area contributed by atoms with Crippen molar-refractivity contribution in [3.63, 3.8) is 0 Å². The number of primary amides is 1. The Bertz CT molecular complexity index is 4930. The standard InChI is InChI=1S/C16H18N2O2.C16H21NO4.C15H25NO3Si.C14H15N3O.2C12H15NO3.C4H6O.C2H6.3CH3BO.CH4.Ar/c1-3-20-16(19)12-9-17-13-6-4-5-11-8-7-10(2)18-15(11)14(12)13;1-3-21-16(20)12-9-17-13-6-4-5-11(8-7-10(2)18)15(19)14(12)13;1-5-18-15(17)11-10-16-12-8-6-7-9-13(14(11)12)19-20(2,3)4;1-8-5-6-9-3-2-4-11-12(13(9)17-8)10(7-16-11)14(15)18;2*1-2-16-12(15)8-7-13-9-5-3-4-6-10(14)11(8)9;1-3-4(2)5;1-2;3*1-2-3;;/h7-9,17H,3-6H2,1-2H3;9,11,17H,3-8H2,1-2H3;10,13,16H,5-9H2,1-4H3;5-7,16H,2-4H2,1H3,(H2,15,18);2*7,13H,2-6H2,1H3;3H,1H2,2H3;1-2H3;3*1H3;1H4;. The van der Waals surface area contributed by atoms with Crippen molar-refractivity contribution < 1.29 is 133 Å². The van der Waals surface area contributed by atoms with Crippen LogP contribution < -0.4 is 5.73 Å². The van der Waals surface area contributed by atoms with Crippen LogP contribution in [-0.4, -0.2) is 167 Å². The zero-order chi connectivity index (χ0) is 94.5. The molecule has 2 atom stereocenters. The van der Waals surface area contributed by atoms with E-state index < -0.39 is 32.1 Å². The van der Waals surface area contributed by atoms with E-state index in [1.807, 2.05) is 53.7 Å². The van der Waals surface area contributed by atoms with Crippen LogP contribution in [0.15, 0.2) is 74.1 Å². The van der Waals surface area contributed by atoms with Crippen LogP contribution >= 0.6 is 0 Å². The molecule has 2 unspecified atom stereocenters. The fourth-order valence-electron chi connectivity index (χ4n) is 15.1. The number of nitrogens with two attached hydrogens (primary N) is 1. The number of aromatic amines is 6. The average Bonchev–Trinajstić information content (AvgIpc) is 1.64. The number of pyridine rings is 2. The molecule has 0 radical (unpaired) electrons. The van der Waals surface area contributed by atoms with Crippen molar-refractivity contribution in [1.29, 1.82) is 0 Å². The molecule has 8 aromatic rings. The van der Waals surface area contributed by atoms with E-state index in [0.29, 0.717) is 102 Å². The number of ether oxygens (including phenoxy) is 5. The third kappa shape index (κ3) is 35.3. The number of H-pyrrole nitrogens is 6. The van der Waals surface area contributed by atoms with Gasteiger partial charge in [0.2, 0.25) is 0 Å². The smallest absolute Gasteiger partial charge is 0.340 e. The number of rotatable bonds is 17. The fourth-order valence-corrected chi connectivity index (χ4v) is 16.1. The molecule has 0 bridgehead atoms. The van der Waals surface area contributed by atoms with Gasteiger partial charge in [0.1, 0.15) is 5.78 Å². The molecule has 8 N–H and O–H groups in total. The molecule has 0 spiro atoms. The Morgan fingerprint density at radius 2 is 0.767 bits per heavy atom. The number of esters is 5. The number of ketones is 5. The summed E-state index contributed by atoms with van der Waals surface area (Å²) in [6.07, 6.45) is 31.3. The van der Waals surface area contributed by atoms with Gasteiger partial charge in [-0.3, -0.25) is 33.9 Å². The zero-order valence-electron chi connectivity index (χ0n) is 77.7. The van der Waals surface area contributed by atoms with Crippen LogP contribution in [0.2, 0.25) is 40.1 Å². The number of Topliss-reactive ketones (excluding diaryl/α,β-unsaturated/α-hetero) is 4. The summed E-state index contributed by atoms with van der Waals surface area (Å²) in [6, 6.07) is 8.26. The number of aromatic nitrogens is 8. The Hall–Kier alpha value is -10.1. The molecular formula is C95H134ArB3N9O20Si. The molecule has 34 heteroatoms. The molecule has 0 fully saturated rings. The summed E-state index contributed by atoms with van der Waals surface area (Å²) in [7, 11) is 0.599. The minimum Gasteiger partial charge on any atom is -0.462 e. The third-order valence-corrected chi connectivity index (χ3v) is 21.4. The van der Waals surface area contributed by atoms with Crippen LogP contribution in [0, 0.1) is 57.5 Å². The summed E-state index contributed by atoms with van der Waals surface area (Å²) in [5.41, 5.74) is 24.9. The summed E-state index contributed by atoms with van der Waals surface area (Å²) in [5.74, 6) is -2.19. The number of nitrogens with one attached hydrogen (secondary N) is 6. The maximum absolute atomic E-state index is 12.7. The Balaban J connectivity index is 0.000000506. The van der Waals surface area contributed by atoms with E-state index in [1.54, 1.807) is 58.0 Å². The van der Waals surface area contributed by atoms with E-state index in [1.165, 1.54) is 51.5 Å². The fraction of sp³-hybridized carbons (Fsp3) is 0.505. The number of carbonyl (C=O) groups excluding carboxylic acids is 11. The summed E-state index contributed by atoms with van der Waals surface area (Å²) in [4.78, 5) is 156. The second-order valence-corrected chi connectivity index (χ2v) is 35.4. The van der Waals surface area contributed by atoms with Gasteiger partial charge >= 0.3 is 85.9 Å². The van der Waals surface area contributed by atoms with Gasteiger partial charge in [-0.15, -0.1) is 0 Å². The van der Waals surface area contributed by atoms with Crippen LogP contribution in [0.1, 0.15) is 328 Å². The van der Waals surface area contributed by atoms with Crippen molar-refractivity contribution in [3.05, 3.63) is 186 Å². The Labute approximate surface area is 792 Å². The van der Waals surface area contributed by atoms with Gasteiger partial charge in [0.05, 0.1) is 101 Å². The predicted octanol–water partition coefficient (Wildman–Crippen LogP) is 18.4. The molecule has 6 aliphatic carbocycles. The molecule has 8 heterocycles. The molecule has 8 aromatic heterocycles. The Kier molecular flexibility index (Phi) is 54.1. The Morgan fingerprint density at radius 1 is 0.457 bits per heavy atom. The first kappa shape index (κ1) is 115. The molecule has 0 saturated heterocycles. The van der Waals surface area contributed by atoms with Crippen molar-refractivity contribution in [2.45, 2.75) is 277 Å². The number of hydrogen-bond donors (Lipinski definition) is 7. The number of nitrogens with zero attached hydrogens (tertiary/aromatic N) is 2. The van der Waals surface area contributed by atoms with Gasteiger partial charge in [-0.1, -0.05) is 46.4 Å². The minimum absolute atomic E-state index is 0. The van der Waals surface area contributed by atoms with Crippen molar-refractivity contribution in [2.24, 2.45) is 11.7 Å². The van der Waals surface area contributed by atoms with Gasteiger partial charge in [0.25, 0.3) is 5.91 Å². The molecule has 700 valence electrons. The van der Waals surface area contributed by atoms with Crippen LogP contribution in [0.25, 0.3) is 22.5 Å². The monoisotopic (exact) mass is 1820 g/mol. The van der Waals surface area contributed by atoms with Crippen molar-refractivity contribution >= 4 is 94.4 Å². The van der Waals surface area contributed by atoms with Crippen LogP contribution in [-0.2, 0) is 103 Å². The van der Waals surface area contributed by atoms with Gasteiger partial charge in [-0.05, 0) is 233 Å². The summed E-state index contributed by atoms with van der Waals surface area (Å²) in [5, 5.41) is 0. The SMILES string of the molecule is C.C=CC(C)=O.CB=O.CB=O.CB=O.CC.CCOC(=O)c1c[nH]c2c1-c1nc(C)ccc1CCC2.CCOC(=O)c1c[nH]c2c1C(=O)C(CCC(C)=O)CCC2.CCOC(=O)c1c[nH]c2c1C(=O)CCCC2.CCOC(=O)c1c[nH]c2c1C(=O)CCCC2.CCOC(=O)c1c[nH]c2c1C(O[Si](C)(C)C)CCCC2.Cc1ccc2c(n1)-c1c(C(N)=O)c[nH]c1CCC2.[Ar]. The van der Waals surface area contributed by atoms with Gasteiger partial charge in [-0.2, -0.15) is 0 Å². The quantitative estimate of drug-likeness (QED) is 0.0146. The summed E-state index contributed by atoms with van der Waals surface area (Å²) in [6.45, 7) is 35.7. The molecule has 129 heavy (non-hydrogen) atoms. The van der Waals surface area contributed by atoms with Crippen LogP contribution in [0.3, 0.4) is 0 Å². The number of allylic oxidation sites excluding steroid dienone is 1. The number of amides is 1. The first-order valence-electron chi connectivity index (χ1n) is 44.2. The van der Waals surface area contributed by atoms with Crippen molar-refractivity contribution in [1.82, 2.24) is 39.9 Å². The first-order valence-corrected chi connectivity index (χ1v) is 47.6. The normalized spacial score (nSPS) is 14.2. The van der Waals surface area contributed by atoms with E-state index in [2.05, 4.69) is 78.2 Å². The molecule has 29 nitrogen and oxygen atoms in total. The molecule has 14 rings (SSSR count). The van der Waals surface area contributed by atoms with Gasteiger partial charge in [0, 0.05) is 162 Å². The molecule has 0 saturated carbocycles. The van der Waals surface area contributed by atoms with E-state index in [4.69, 9.17) is 48.0 Å². The number of carbonyl (C=O) groups is 11. The number of aryl methyl sites for hydroxylation is 10. The molecule has 0 aromatic carbocycles. The molecular weight excluding hydrogens is 1690 g/mol. The summed E-state index contributed by atoms with van der Waals surface area (Å²) >= 11 is 0. The Morgan fingerprint density at radius 3 is 1.15 bits per heavy atom. The van der Waals surface area contributed by atoms with Crippen molar-refractivity contribution in [3.8, 4) is 22.5 Å². The predicted molar refractivity (Wildman–Crippen MR) is 498 cm³/mol. The summed E-state index contributed by atoms with van der Waals surface area (Å²) < 4.78 is 57.9. The first-order chi connectivity index (χ1) is 60.8. The van der Waals surface area contributed by atoms with E-state index in [0.717, 1.165) is 217 Å². The largest absolute Gasteiger partial charge is 0.462 e. The maximum atomic E-state index is 12.7. The zero-order valence-corrected chi connectivity index (χ0v) is 79.4. The van der Waals surface area contributed by atoms with Crippen LogP contribution in [0.4, 0.5) is 0 Å². The van der Waals surface area contributed by atoms with Crippen LogP contribution in [0.5, 0.6) is 0 Å². The van der Waals surface area contributed by atoms with E-state index in [-0.39, 0.29) is 105 Å². The van der Waals surface area contributed by atoms with Gasteiger partial charge in [0.15, 0.2) is 31.5 Å². The number of hydrogen-bond acceptors (Lipinski definition) is 22. The minimum atomic E-state index is -1.65. The third-order valence-electron chi connectivity index (χ3n) is 20.4. The second-order valence-electron chi connectivity index (χ2n) is 30.9. The van der Waals surface area contributed by atoms with Gasteiger partial charge < -0.3 is 68.5 Å². The molecule has 6 aliphatic rings. The van der Waals surface area contributed by atoms with E-state index in [9.17, 15) is 52.7 Å². The average molecular weight is 1820 g/mol. The van der Waals surface area contributed by atoms with E-state index >= 15 is 0 Å². The number of fused-ring (bicyclic) bond motifs is 10. The van der Waals surface area contributed by atoms with Crippen molar-refractivity contribution in [2.75, 3.05) is 33.0 Å². The van der Waals surface area contributed by atoms with Gasteiger partial charge in [-0.25, -0.2) is 24.0 Å². The molecule has 0 aliphatic heterocycles. The molecule has 1 amide bonds.